The van der Waals surface area contributed by atoms with E-state index in [-0.39, 0.29) is 56.7 Å². The van der Waals surface area contributed by atoms with Gasteiger partial charge in [0.1, 0.15) is 11.5 Å². The van der Waals surface area contributed by atoms with Crippen molar-refractivity contribution >= 4 is 67.4 Å². The summed E-state index contributed by atoms with van der Waals surface area (Å²) in [6.45, 7) is 73.7. The molecule has 3 aromatic heterocycles. The molecule has 0 spiro atoms. The standard InChI is InChI=1S/C14H19N.C13H17N.C12H15NO.C12H15NS.C12H15N.C12H14O2.C11H16O.C10H15N.C7H6N2.C3H8.CH4/c1-10-8-11-9-12(14(2,3)4)6-7-13(11)15(10)5;1-9-5-6-12-10(7-9)11(8-14-12)13(2,3)4;2*1-8-13-10-6-5-9(12(2,3)4)7-11(10)14-8;1-12(2,3)10-5-4-9-6-7-13-11(9)8-10;1-12(2,3)9-6-4-5-8-7-10(13)14-11(8)9;1-8-5-6-9(10(12)7-8)11(2,3)4;1-8-5-9(7-11-6-8)10(2,3)4;1-2-4-7-6(3-1)5-8-9-7;1-3-2;/h6-7,9H,1,8H2,2-5H3;5-8,14H,1-4H3;5-7,13H,1H2,2-4H3;5-7H,1-4H3;4-5,7-8H,6H2,1-3H3;4-6H,7H2,1-3H3;5-7,12H,1-4H3;5-7H,1-4H3;1-4H,5H2;3H2,1-2H3;1H4. The summed E-state index contributed by atoms with van der Waals surface area (Å²) in [6.07, 6.45) is 11.6. The molecule has 120 heavy (non-hydrogen) atoms. The fourth-order valence-corrected chi connectivity index (χ4v) is 14.2. The molecule has 11 aromatic rings. The first-order valence-electron chi connectivity index (χ1n) is 42.1. The Labute approximate surface area is 727 Å². The molecular weight excluding hydrogens is 1490 g/mol. The molecule has 0 aliphatic carbocycles. The number of nitrogens with one attached hydrogen (secondary N) is 2. The lowest BCUT2D eigenvalue weighted by molar-refractivity contribution is -0.131. The second-order valence-corrected chi connectivity index (χ2v) is 41.2. The fourth-order valence-electron chi connectivity index (χ4n) is 13.4. The predicted molar refractivity (Wildman–Crippen MR) is 518 cm³/mol. The Morgan fingerprint density at radius 1 is 0.508 bits per heavy atom. The van der Waals surface area contributed by atoms with E-state index in [1.807, 2.05) is 80.1 Å². The van der Waals surface area contributed by atoms with Crippen LogP contribution in [0.4, 0.5) is 22.7 Å². The minimum Gasteiger partial charge on any atom is -0.508 e. The first-order chi connectivity index (χ1) is 55.1. The van der Waals surface area contributed by atoms with Gasteiger partial charge in [-0.15, -0.1) is 11.3 Å². The number of pyridine rings is 1. The van der Waals surface area contributed by atoms with Gasteiger partial charge in [-0.1, -0.05) is 303 Å². The number of thiazole rings is 1. The van der Waals surface area contributed by atoms with E-state index in [1.54, 1.807) is 17.4 Å². The van der Waals surface area contributed by atoms with Gasteiger partial charge in [0.2, 0.25) is 0 Å². The highest BCUT2D eigenvalue weighted by molar-refractivity contribution is 7.18. The number of benzene rings is 8. The summed E-state index contributed by atoms with van der Waals surface area (Å²) in [5, 5.41) is 23.0. The summed E-state index contributed by atoms with van der Waals surface area (Å²) in [5.41, 5.74) is 28.3. The summed E-state index contributed by atoms with van der Waals surface area (Å²) in [6, 6.07) is 54.7. The molecule has 0 saturated carbocycles. The van der Waals surface area contributed by atoms with Crippen LogP contribution in [0.5, 0.6) is 17.2 Å². The largest absolute Gasteiger partial charge is 0.508 e. The lowest BCUT2D eigenvalue weighted by Crippen LogP contribution is -2.13. The van der Waals surface area contributed by atoms with Gasteiger partial charge in [-0.2, -0.15) is 10.2 Å². The van der Waals surface area contributed by atoms with Gasteiger partial charge in [0.25, 0.3) is 0 Å². The summed E-state index contributed by atoms with van der Waals surface area (Å²) in [4.78, 5) is 29.6. The maximum absolute atomic E-state index is 11.2. The van der Waals surface area contributed by atoms with Crippen molar-refractivity contribution in [1.29, 1.82) is 0 Å². The van der Waals surface area contributed by atoms with Crippen LogP contribution < -0.4 is 19.7 Å². The number of likely N-dealkylation sites (N-methyl/N-ethyl adjacent to an activating group) is 1. The summed E-state index contributed by atoms with van der Waals surface area (Å²) < 4.78 is 12.0. The van der Waals surface area contributed by atoms with Crippen LogP contribution in [0.3, 0.4) is 0 Å². The average Bonchev–Trinajstić information content (AvgIpc) is 1.62. The molecule has 0 radical (unpaired) electrons. The molecule has 8 heterocycles. The van der Waals surface area contributed by atoms with Crippen molar-refractivity contribution in [2.24, 2.45) is 15.2 Å². The van der Waals surface area contributed by atoms with Crippen molar-refractivity contribution in [1.82, 2.24) is 15.0 Å². The average molecular weight is 1640 g/mol. The van der Waals surface area contributed by atoms with E-state index in [2.05, 4.69) is 365 Å². The number of hydrogen-bond donors (Lipinski definition) is 3. The van der Waals surface area contributed by atoms with E-state index >= 15 is 0 Å². The van der Waals surface area contributed by atoms with Crippen LogP contribution >= 0.6 is 11.3 Å². The molecule has 13 heteroatoms. The van der Waals surface area contributed by atoms with Crippen molar-refractivity contribution in [3.05, 3.63) is 290 Å². The summed E-state index contributed by atoms with van der Waals surface area (Å²) in [7, 11) is 2.09. The third-order valence-electron chi connectivity index (χ3n) is 20.6. The number of ether oxygens (including phenoxy) is 2. The SMILES string of the molecule is C.C=C1Cc2cc(C(C)(C)C)ccc2N1C.C=C1Nc2ccc(C(C)(C)C)cc2O1.CC(C)(C)c1ccc2c(c1)N=CC2.CC(C)(C)c1cccc2c1OC(=O)C2.CCC.Cc1ccc(C(C)(C)C)c(O)c1.Cc1ccc2[nH]cc(C(C)(C)C)c2c1.Cc1cncc(C(C)(C)C)c1.Cc1nc2ccc(C(C)(C)C)cc2s1.c1ccc2c(c1)CN=N2. The number of H-pyrrole nitrogens is 1. The third-order valence-corrected chi connectivity index (χ3v) is 21.5. The lowest BCUT2D eigenvalue weighted by Gasteiger charge is -2.21. The maximum atomic E-state index is 11.2. The Kier molecular flexibility index (Phi) is 33.6. The first kappa shape index (κ1) is 98.6. The van der Waals surface area contributed by atoms with Crippen LogP contribution in [0.25, 0.3) is 21.1 Å². The molecule has 3 N–H and O–H groups in total. The third kappa shape index (κ3) is 28.5. The summed E-state index contributed by atoms with van der Waals surface area (Å²) >= 11 is 1.77. The number of phenolic OH excluding ortho intramolecular Hbond substituents is 1. The second kappa shape index (κ2) is 40.9. The molecular formula is C107H144N8O4S. The highest BCUT2D eigenvalue weighted by atomic mass is 32.1. The Morgan fingerprint density at radius 2 is 1.07 bits per heavy atom. The quantitative estimate of drug-likeness (QED) is 0.100. The molecule has 0 amide bonds. The van der Waals surface area contributed by atoms with E-state index in [4.69, 9.17) is 9.47 Å². The van der Waals surface area contributed by atoms with Gasteiger partial charge in [-0.25, -0.2) is 4.98 Å². The molecule has 5 aliphatic heterocycles. The van der Waals surface area contributed by atoms with Crippen LogP contribution in [0.2, 0.25) is 0 Å². The monoisotopic (exact) mass is 1640 g/mol. The molecule has 642 valence electrons. The minimum absolute atomic E-state index is 0. The van der Waals surface area contributed by atoms with Crippen LogP contribution in [-0.2, 0) is 73.9 Å². The Hall–Kier alpha value is -10.2. The second-order valence-electron chi connectivity index (χ2n) is 40.0. The number of anilines is 2. The van der Waals surface area contributed by atoms with Gasteiger partial charge in [-0.05, 0) is 199 Å². The predicted octanol–water partition coefficient (Wildman–Crippen LogP) is 30.1. The van der Waals surface area contributed by atoms with Crippen molar-refractivity contribution in [2.75, 3.05) is 17.3 Å². The molecule has 12 nitrogen and oxygen atoms in total. The zero-order valence-corrected chi connectivity index (χ0v) is 78.9. The molecule has 0 bridgehead atoms. The Bertz CT molecular complexity index is 5360. The zero-order chi connectivity index (χ0) is 88.7. The van der Waals surface area contributed by atoms with Crippen LogP contribution in [0, 0.1) is 27.7 Å². The number of aliphatic imine (C=N–C) groups is 1. The fraction of sp³-hybridized carbons (Fsp3) is 0.421. The number of nitrogens with zero attached hydrogens (tertiary/aromatic N) is 6. The molecule has 8 aromatic carbocycles. The van der Waals surface area contributed by atoms with Crippen LogP contribution in [0.1, 0.15) is 282 Å². The van der Waals surface area contributed by atoms with E-state index in [0.29, 0.717) is 18.1 Å². The van der Waals surface area contributed by atoms with Crippen molar-refractivity contribution in [3.8, 4) is 17.2 Å². The topological polar surface area (TPSA) is 150 Å². The number of aromatic nitrogens is 3. The van der Waals surface area contributed by atoms with Gasteiger partial charge in [0.15, 0.2) is 11.6 Å². The number of phenols is 1. The number of para-hydroxylation sites is 1. The smallest absolute Gasteiger partial charge is 0.315 e. The van der Waals surface area contributed by atoms with Crippen LogP contribution in [0.15, 0.2) is 216 Å². The van der Waals surface area contributed by atoms with Crippen molar-refractivity contribution < 1.29 is 19.4 Å². The molecule has 0 fully saturated rings. The van der Waals surface area contributed by atoms with E-state index < -0.39 is 0 Å². The zero-order valence-electron chi connectivity index (χ0n) is 78.0. The Morgan fingerprint density at radius 3 is 1.66 bits per heavy atom. The molecule has 0 atom stereocenters. The first-order valence-corrected chi connectivity index (χ1v) is 42.9. The Balaban J connectivity index is 0.000000209. The number of esters is 1. The minimum atomic E-state index is -0.142. The lowest BCUT2D eigenvalue weighted by atomic mass is 9.85. The van der Waals surface area contributed by atoms with E-state index in [9.17, 15) is 9.90 Å². The number of allylic oxidation sites excluding steroid dienone is 1. The van der Waals surface area contributed by atoms with E-state index in [0.717, 1.165) is 80.7 Å². The van der Waals surface area contributed by atoms with Crippen LogP contribution in [-0.4, -0.2) is 39.3 Å². The number of rotatable bonds is 0. The van der Waals surface area contributed by atoms with Gasteiger partial charge in [-0.3, -0.25) is 14.8 Å². The van der Waals surface area contributed by atoms with Gasteiger partial charge >= 0.3 is 5.97 Å². The van der Waals surface area contributed by atoms with Crippen molar-refractivity contribution in [2.45, 2.75) is 291 Å². The highest BCUT2D eigenvalue weighted by Gasteiger charge is 2.29. The number of aryl methyl sites for hydroxylation is 4. The normalized spacial score (nSPS) is 13.3. The number of azo groups is 1. The van der Waals surface area contributed by atoms with Crippen molar-refractivity contribution in [3.63, 3.8) is 0 Å². The summed E-state index contributed by atoms with van der Waals surface area (Å²) in [5.74, 6) is 2.53. The van der Waals surface area contributed by atoms with Gasteiger partial charge < -0.3 is 29.8 Å². The number of fused-ring (bicyclic) bond motifs is 7. The van der Waals surface area contributed by atoms with E-state index in [1.165, 1.54) is 94.6 Å². The molecule has 0 unspecified atom stereocenters. The molecule has 5 aliphatic rings. The maximum Gasteiger partial charge on any atom is 0.315 e. The number of carbonyl (C=O) groups is 1. The molecule has 16 rings (SSSR count). The van der Waals surface area contributed by atoms with Gasteiger partial charge in [0, 0.05) is 83.7 Å². The number of carbonyl (C=O) groups excluding carboxylic acids is 1. The number of hydrogen-bond acceptors (Lipinski definition) is 12. The number of aromatic amines is 1. The highest BCUT2D eigenvalue weighted by Crippen LogP contribution is 2.41. The van der Waals surface area contributed by atoms with Gasteiger partial charge in [0.05, 0.1) is 45.3 Å². The number of aromatic hydroxyl groups is 1. The molecule has 0 saturated heterocycles.